The molecule has 0 aliphatic heterocycles. The van der Waals surface area contributed by atoms with Crippen LogP contribution in [-0.2, 0) is 9.59 Å². The van der Waals surface area contributed by atoms with E-state index < -0.39 is 0 Å². The largest absolute Gasteiger partial charge is 0.349 e. The van der Waals surface area contributed by atoms with Gasteiger partial charge in [0.05, 0.1) is 0 Å². The van der Waals surface area contributed by atoms with Crippen LogP contribution in [0.15, 0.2) is 0 Å². The molecule has 0 saturated heterocycles. The van der Waals surface area contributed by atoms with Crippen LogP contribution < -0.4 is 0 Å². The Morgan fingerprint density at radius 2 is 1.35 bits per heavy atom. The summed E-state index contributed by atoms with van der Waals surface area (Å²) < 4.78 is 0. The molecule has 0 heterocycles. The van der Waals surface area contributed by atoms with Crippen LogP contribution in [0.25, 0.3) is 0 Å². The van der Waals surface area contributed by atoms with E-state index in [1.165, 1.54) is 0 Å². The average Bonchev–Trinajstić information content (AvgIpc) is 2.95. The minimum Gasteiger partial charge on any atom is -0.349 e. The SMILES string of the molecule is CCCCN(CCCC)C(=O)CC1(CC(=O)N(C)C)CCCC1. The summed E-state index contributed by atoms with van der Waals surface area (Å²) >= 11 is 0. The third-order valence-electron chi connectivity index (χ3n) is 5.13. The van der Waals surface area contributed by atoms with Gasteiger partial charge in [-0.15, -0.1) is 0 Å². The lowest BCUT2D eigenvalue weighted by Gasteiger charge is -2.32. The monoisotopic (exact) mass is 324 g/mol. The molecular weight excluding hydrogens is 288 g/mol. The molecule has 0 atom stereocenters. The van der Waals surface area contributed by atoms with Crippen LogP contribution in [0.2, 0.25) is 0 Å². The molecule has 4 heteroatoms. The third-order valence-corrected chi connectivity index (χ3v) is 5.13. The van der Waals surface area contributed by atoms with Crippen molar-refractivity contribution >= 4 is 11.8 Å². The van der Waals surface area contributed by atoms with E-state index in [1.54, 1.807) is 4.90 Å². The summed E-state index contributed by atoms with van der Waals surface area (Å²) in [4.78, 5) is 28.8. The molecule has 0 aromatic carbocycles. The first-order chi connectivity index (χ1) is 10.9. The molecule has 1 fully saturated rings. The van der Waals surface area contributed by atoms with E-state index in [9.17, 15) is 9.59 Å². The molecule has 0 aromatic heterocycles. The first-order valence-electron chi connectivity index (χ1n) is 9.42. The smallest absolute Gasteiger partial charge is 0.223 e. The first kappa shape index (κ1) is 20.0. The van der Waals surface area contributed by atoms with Crippen LogP contribution in [0, 0.1) is 5.41 Å². The van der Waals surface area contributed by atoms with Crippen LogP contribution in [-0.4, -0.2) is 48.8 Å². The quantitative estimate of drug-likeness (QED) is 0.612. The van der Waals surface area contributed by atoms with E-state index in [4.69, 9.17) is 0 Å². The highest BCUT2D eigenvalue weighted by atomic mass is 16.2. The van der Waals surface area contributed by atoms with Crippen molar-refractivity contribution in [3.63, 3.8) is 0 Å². The average molecular weight is 325 g/mol. The first-order valence-corrected chi connectivity index (χ1v) is 9.42. The van der Waals surface area contributed by atoms with Crippen molar-refractivity contribution in [1.29, 1.82) is 0 Å². The van der Waals surface area contributed by atoms with Crippen LogP contribution in [0.5, 0.6) is 0 Å². The minimum atomic E-state index is -0.0882. The number of hydrogen-bond acceptors (Lipinski definition) is 2. The summed E-state index contributed by atoms with van der Waals surface area (Å²) in [6.07, 6.45) is 9.79. The van der Waals surface area contributed by atoms with Gasteiger partial charge in [0, 0.05) is 40.0 Å². The fourth-order valence-electron chi connectivity index (χ4n) is 3.51. The van der Waals surface area contributed by atoms with Crippen molar-refractivity contribution in [3.8, 4) is 0 Å². The van der Waals surface area contributed by atoms with Crippen LogP contribution >= 0.6 is 0 Å². The van der Waals surface area contributed by atoms with Crippen molar-refractivity contribution in [1.82, 2.24) is 9.80 Å². The normalized spacial score (nSPS) is 16.3. The lowest BCUT2D eigenvalue weighted by Crippen LogP contribution is -2.38. The molecule has 0 aromatic rings. The number of nitrogens with zero attached hydrogens (tertiary/aromatic N) is 2. The second-order valence-electron chi connectivity index (χ2n) is 7.44. The molecule has 1 saturated carbocycles. The fourth-order valence-corrected chi connectivity index (χ4v) is 3.51. The molecule has 0 N–H and O–H groups in total. The number of hydrogen-bond donors (Lipinski definition) is 0. The molecule has 0 spiro atoms. The number of rotatable bonds is 10. The molecule has 2 amide bonds. The highest BCUT2D eigenvalue weighted by Crippen LogP contribution is 2.44. The second kappa shape index (κ2) is 9.94. The van der Waals surface area contributed by atoms with E-state index in [1.807, 2.05) is 19.0 Å². The number of amides is 2. The Kier molecular flexibility index (Phi) is 8.64. The molecule has 1 aliphatic carbocycles. The van der Waals surface area contributed by atoms with E-state index in [-0.39, 0.29) is 17.2 Å². The Balaban J connectivity index is 2.71. The Morgan fingerprint density at radius 1 is 0.870 bits per heavy atom. The van der Waals surface area contributed by atoms with Gasteiger partial charge in [-0.25, -0.2) is 0 Å². The zero-order valence-corrected chi connectivity index (χ0v) is 15.7. The number of unbranched alkanes of at least 4 members (excludes halogenated alkanes) is 2. The van der Waals surface area contributed by atoms with Crippen molar-refractivity contribution < 1.29 is 9.59 Å². The molecule has 134 valence electrons. The molecule has 4 nitrogen and oxygen atoms in total. The topological polar surface area (TPSA) is 40.6 Å². The van der Waals surface area contributed by atoms with Crippen molar-refractivity contribution in [2.75, 3.05) is 27.2 Å². The second-order valence-corrected chi connectivity index (χ2v) is 7.44. The summed E-state index contributed by atoms with van der Waals surface area (Å²) in [7, 11) is 3.61. The summed E-state index contributed by atoms with van der Waals surface area (Å²) in [5.74, 6) is 0.425. The van der Waals surface area contributed by atoms with E-state index in [2.05, 4.69) is 13.8 Å². The van der Waals surface area contributed by atoms with E-state index in [0.717, 1.165) is 64.5 Å². The van der Waals surface area contributed by atoms with Gasteiger partial charge in [-0.1, -0.05) is 39.5 Å². The zero-order valence-electron chi connectivity index (χ0n) is 15.7. The lowest BCUT2D eigenvalue weighted by molar-refractivity contribution is -0.136. The van der Waals surface area contributed by atoms with Gasteiger partial charge >= 0.3 is 0 Å². The van der Waals surface area contributed by atoms with Gasteiger partial charge in [0.2, 0.25) is 11.8 Å². The summed E-state index contributed by atoms with van der Waals surface area (Å²) in [5.41, 5.74) is -0.0882. The van der Waals surface area contributed by atoms with Gasteiger partial charge in [0.15, 0.2) is 0 Å². The van der Waals surface area contributed by atoms with Crippen LogP contribution in [0.3, 0.4) is 0 Å². The molecular formula is C19H36N2O2. The third kappa shape index (κ3) is 6.52. The highest BCUT2D eigenvalue weighted by molar-refractivity contribution is 5.80. The lowest BCUT2D eigenvalue weighted by atomic mass is 9.78. The number of carbonyl (C=O) groups is 2. The Labute approximate surface area is 142 Å². The molecule has 0 radical (unpaired) electrons. The summed E-state index contributed by atoms with van der Waals surface area (Å²) in [6.45, 7) is 6.06. The van der Waals surface area contributed by atoms with Gasteiger partial charge in [0.25, 0.3) is 0 Å². The van der Waals surface area contributed by atoms with E-state index in [0.29, 0.717) is 12.8 Å². The van der Waals surface area contributed by atoms with Crippen molar-refractivity contribution in [2.24, 2.45) is 5.41 Å². The van der Waals surface area contributed by atoms with Gasteiger partial charge in [-0.3, -0.25) is 9.59 Å². The van der Waals surface area contributed by atoms with Gasteiger partial charge in [-0.05, 0) is 31.1 Å². The fraction of sp³-hybridized carbons (Fsp3) is 0.895. The van der Waals surface area contributed by atoms with Crippen molar-refractivity contribution in [2.45, 2.75) is 78.1 Å². The molecule has 23 heavy (non-hydrogen) atoms. The molecule has 0 unspecified atom stereocenters. The standard InChI is InChI=1S/C19H36N2O2/c1-5-7-13-21(14-8-6-2)18(23)16-19(11-9-10-12-19)15-17(22)20(3)4/h5-16H2,1-4H3. The van der Waals surface area contributed by atoms with Crippen molar-refractivity contribution in [3.05, 3.63) is 0 Å². The Bertz CT molecular complexity index is 366. The maximum atomic E-state index is 12.9. The van der Waals surface area contributed by atoms with Crippen LogP contribution in [0.4, 0.5) is 0 Å². The molecule has 0 bridgehead atoms. The minimum absolute atomic E-state index is 0.0882. The van der Waals surface area contributed by atoms with Gasteiger partial charge in [0.1, 0.15) is 0 Å². The zero-order chi connectivity index (χ0) is 17.3. The highest BCUT2D eigenvalue weighted by Gasteiger charge is 2.39. The number of carbonyl (C=O) groups excluding carboxylic acids is 2. The Hall–Kier alpha value is -1.06. The predicted molar refractivity (Wildman–Crippen MR) is 95.2 cm³/mol. The predicted octanol–water partition coefficient (Wildman–Crippen LogP) is 3.84. The van der Waals surface area contributed by atoms with Crippen LogP contribution in [0.1, 0.15) is 78.1 Å². The maximum Gasteiger partial charge on any atom is 0.223 e. The molecule has 1 rings (SSSR count). The van der Waals surface area contributed by atoms with E-state index >= 15 is 0 Å². The summed E-state index contributed by atoms with van der Waals surface area (Å²) in [5, 5.41) is 0. The summed E-state index contributed by atoms with van der Waals surface area (Å²) in [6, 6.07) is 0. The van der Waals surface area contributed by atoms with Gasteiger partial charge in [-0.2, -0.15) is 0 Å². The Morgan fingerprint density at radius 3 is 1.78 bits per heavy atom. The maximum absolute atomic E-state index is 12.9. The molecule has 1 aliphatic rings. The van der Waals surface area contributed by atoms with Gasteiger partial charge < -0.3 is 9.80 Å².